The zero-order chi connectivity index (χ0) is 19.6. The van der Waals surface area contributed by atoms with Gasteiger partial charge >= 0.3 is 0 Å². The molecule has 8 nitrogen and oxygen atoms in total. The molecule has 1 fully saturated rings. The molecule has 1 atom stereocenters. The number of piperidine rings is 1. The van der Waals surface area contributed by atoms with Crippen molar-refractivity contribution in [2.75, 3.05) is 20.2 Å². The number of halogens is 1. The molecule has 2 N–H and O–H groups in total. The van der Waals surface area contributed by atoms with E-state index in [0.717, 1.165) is 43.1 Å². The van der Waals surface area contributed by atoms with Crippen LogP contribution in [0.15, 0.2) is 24.3 Å². The standard InChI is InChI=1S/C19H28N6O2.ClH/c1-19(2,3)25-18(21-22-23-25)16(13-5-7-15(27-4)8-6-13)24-11-9-14(10-12-24)17(20)26;/h5-8,14,16H,9-12H2,1-4H3,(H2,20,26);1H. The molecule has 1 aliphatic rings. The zero-order valence-electron chi connectivity index (χ0n) is 16.8. The van der Waals surface area contributed by atoms with E-state index in [2.05, 4.69) is 41.2 Å². The average Bonchev–Trinajstić information content (AvgIpc) is 3.13. The van der Waals surface area contributed by atoms with Crippen LogP contribution in [0.5, 0.6) is 5.75 Å². The lowest BCUT2D eigenvalue weighted by Crippen LogP contribution is -2.42. The first-order valence-corrected chi connectivity index (χ1v) is 9.27. The highest BCUT2D eigenvalue weighted by atomic mass is 35.5. The van der Waals surface area contributed by atoms with Crippen molar-refractivity contribution in [1.82, 2.24) is 25.1 Å². The van der Waals surface area contributed by atoms with E-state index in [9.17, 15) is 4.79 Å². The molecule has 1 aliphatic heterocycles. The molecule has 0 saturated carbocycles. The summed E-state index contributed by atoms with van der Waals surface area (Å²) in [7, 11) is 1.65. The van der Waals surface area contributed by atoms with Gasteiger partial charge in [-0.2, -0.15) is 0 Å². The third-order valence-electron chi connectivity index (χ3n) is 5.10. The number of amides is 1. The minimum Gasteiger partial charge on any atom is -0.497 e. The summed E-state index contributed by atoms with van der Waals surface area (Å²) in [5.74, 6) is 1.33. The van der Waals surface area contributed by atoms with Gasteiger partial charge < -0.3 is 10.5 Å². The molecule has 1 amide bonds. The van der Waals surface area contributed by atoms with Gasteiger partial charge in [0, 0.05) is 5.92 Å². The minimum absolute atomic E-state index is 0. The van der Waals surface area contributed by atoms with Crippen molar-refractivity contribution in [3.63, 3.8) is 0 Å². The Labute approximate surface area is 171 Å². The lowest BCUT2D eigenvalue weighted by molar-refractivity contribution is -0.123. The number of nitrogens with two attached hydrogens (primary N) is 1. The Balaban J connectivity index is 0.00000280. The van der Waals surface area contributed by atoms with Crippen molar-refractivity contribution in [3.8, 4) is 5.75 Å². The largest absolute Gasteiger partial charge is 0.497 e. The maximum absolute atomic E-state index is 11.5. The van der Waals surface area contributed by atoms with Crippen molar-refractivity contribution in [3.05, 3.63) is 35.7 Å². The van der Waals surface area contributed by atoms with Gasteiger partial charge in [-0.1, -0.05) is 12.1 Å². The number of carbonyl (C=O) groups excluding carboxylic acids is 1. The fourth-order valence-electron chi connectivity index (χ4n) is 3.59. The lowest BCUT2D eigenvalue weighted by atomic mass is 9.93. The van der Waals surface area contributed by atoms with Gasteiger partial charge in [0.05, 0.1) is 18.7 Å². The summed E-state index contributed by atoms with van der Waals surface area (Å²) >= 11 is 0. The van der Waals surface area contributed by atoms with E-state index in [1.54, 1.807) is 7.11 Å². The second-order valence-corrected chi connectivity index (χ2v) is 8.01. The molecule has 1 unspecified atom stereocenters. The first kappa shape index (κ1) is 22.1. The second kappa shape index (κ2) is 8.87. The molecule has 28 heavy (non-hydrogen) atoms. The molecular weight excluding hydrogens is 380 g/mol. The predicted octanol–water partition coefficient (Wildman–Crippen LogP) is 2.15. The van der Waals surface area contributed by atoms with E-state index < -0.39 is 0 Å². The number of benzene rings is 1. The van der Waals surface area contributed by atoms with Gasteiger partial charge in [-0.05, 0) is 74.8 Å². The maximum atomic E-state index is 11.5. The molecule has 1 aromatic heterocycles. The number of nitrogens with zero attached hydrogens (tertiary/aromatic N) is 5. The second-order valence-electron chi connectivity index (χ2n) is 8.01. The van der Waals surface area contributed by atoms with Crippen molar-refractivity contribution >= 4 is 18.3 Å². The van der Waals surface area contributed by atoms with Crippen LogP contribution in [0.25, 0.3) is 0 Å². The van der Waals surface area contributed by atoms with Crippen molar-refractivity contribution in [2.24, 2.45) is 11.7 Å². The van der Waals surface area contributed by atoms with Crippen LogP contribution in [0, 0.1) is 5.92 Å². The molecule has 9 heteroatoms. The average molecular weight is 409 g/mol. The topological polar surface area (TPSA) is 99.2 Å². The summed E-state index contributed by atoms with van der Waals surface area (Å²) in [6.45, 7) is 7.77. The number of aromatic nitrogens is 4. The summed E-state index contributed by atoms with van der Waals surface area (Å²) in [5.41, 5.74) is 6.35. The van der Waals surface area contributed by atoms with Gasteiger partial charge in [-0.15, -0.1) is 17.5 Å². The van der Waals surface area contributed by atoms with E-state index in [1.807, 2.05) is 28.9 Å². The number of hydrogen-bond acceptors (Lipinski definition) is 6. The predicted molar refractivity (Wildman–Crippen MR) is 108 cm³/mol. The monoisotopic (exact) mass is 408 g/mol. The highest BCUT2D eigenvalue weighted by Crippen LogP contribution is 2.33. The molecule has 0 spiro atoms. The Morgan fingerprint density at radius 3 is 2.32 bits per heavy atom. The van der Waals surface area contributed by atoms with Gasteiger partial charge in [-0.25, -0.2) is 4.68 Å². The van der Waals surface area contributed by atoms with Crippen LogP contribution in [0.1, 0.15) is 51.0 Å². The highest BCUT2D eigenvalue weighted by Gasteiger charge is 2.34. The molecule has 1 saturated heterocycles. The summed E-state index contributed by atoms with van der Waals surface area (Å²) in [6.07, 6.45) is 1.50. The van der Waals surface area contributed by atoms with Crippen LogP contribution in [-0.2, 0) is 10.3 Å². The third-order valence-corrected chi connectivity index (χ3v) is 5.10. The summed E-state index contributed by atoms with van der Waals surface area (Å²) in [6, 6.07) is 7.89. The van der Waals surface area contributed by atoms with Gasteiger partial charge in [0.1, 0.15) is 5.75 Å². The number of primary amides is 1. The van der Waals surface area contributed by atoms with Crippen LogP contribution in [-0.4, -0.2) is 51.2 Å². The molecule has 2 aromatic rings. The molecule has 0 radical (unpaired) electrons. The lowest BCUT2D eigenvalue weighted by Gasteiger charge is -2.37. The van der Waals surface area contributed by atoms with Crippen LogP contribution < -0.4 is 10.5 Å². The smallest absolute Gasteiger partial charge is 0.220 e. The fraction of sp³-hybridized carbons (Fsp3) is 0.579. The maximum Gasteiger partial charge on any atom is 0.220 e. The van der Waals surface area contributed by atoms with E-state index >= 15 is 0 Å². The normalized spacial score (nSPS) is 17.0. The summed E-state index contributed by atoms with van der Waals surface area (Å²) in [4.78, 5) is 13.9. The van der Waals surface area contributed by atoms with Gasteiger partial charge in [-0.3, -0.25) is 9.69 Å². The Bertz CT molecular complexity index is 778. The molecular formula is C19H29ClN6O2. The van der Waals surface area contributed by atoms with Crippen molar-refractivity contribution in [2.45, 2.75) is 45.2 Å². The number of tetrazole rings is 1. The Morgan fingerprint density at radius 1 is 1.21 bits per heavy atom. The number of hydrogen-bond donors (Lipinski definition) is 1. The molecule has 0 bridgehead atoms. The van der Waals surface area contributed by atoms with Gasteiger partial charge in [0.25, 0.3) is 0 Å². The first-order valence-electron chi connectivity index (χ1n) is 9.27. The number of rotatable bonds is 5. The highest BCUT2D eigenvalue weighted by molar-refractivity contribution is 5.85. The quantitative estimate of drug-likeness (QED) is 0.813. The Hall–Kier alpha value is -2.19. The number of methoxy groups -OCH3 is 1. The molecule has 154 valence electrons. The van der Waals surface area contributed by atoms with Crippen molar-refractivity contribution < 1.29 is 9.53 Å². The zero-order valence-corrected chi connectivity index (χ0v) is 17.6. The van der Waals surface area contributed by atoms with Crippen molar-refractivity contribution in [1.29, 1.82) is 0 Å². The number of likely N-dealkylation sites (tertiary alicyclic amines) is 1. The first-order chi connectivity index (χ1) is 12.8. The summed E-state index contributed by atoms with van der Waals surface area (Å²) < 4.78 is 7.17. The summed E-state index contributed by atoms with van der Waals surface area (Å²) in [5, 5.41) is 12.5. The fourth-order valence-corrected chi connectivity index (χ4v) is 3.59. The SMILES string of the molecule is COc1ccc(C(c2nnnn2C(C)(C)C)N2CCC(C(N)=O)CC2)cc1.Cl. The Kier molecular flexibility index (Phi) is 7.01. The molecule has 2 heterocycles. The molecule has 0 aliphatic carbocycles. The van der Waals surface area contributed by atoms with Crippen LogP contribution in [0.4, 0.5) is 0 Å². The number of carbonyl (C=O) groups is 1. The van der Waals surface area contributed by atoms with E-state index in [-0.39, 0.29) is 35.8 Å². The van der Waals surface area contributed by atoms with E-state index in [1.165, 1.54) is 0 Å². The van der Waals surface area contributed by atoms with E-state index in [0.29, 0.717) is 0 Å². The van der Waals surface area contributed by atoms with Crippen LogP contribution in [0.3, 0.4) is 0 Å². The minimum atomic E-state index is -0.241. The van der Waals surface area contributed by atoms with E-state index in [4.69, 9.17) is 10.5 Å². The molecule has 1 aromatic carbocycles. The molecule has 3 rings (SSSR count). The van der Waals surface area contributed by atoms with Crippen LogP contribution in [0.2, 0.25) is 0 Å². The van der Waals surface area contributed by atoms with Crippen LogP contribution >= 0.6 is 12.4 Å². The third kappa shape index (κ3) is 4.62. The number of ether oxygens (including phenoxy) is 1. The van der Waals surface area contributed by atoms with Gasteiger partial charge in [0.2, 0.25) is 5.91 Å². The Morgan fingerprint density at radius 2 is 1.82 bits per heavy atom. The van der Waals surface area contributed by atoms with Gasteiger partial charge in [0.15, 0.2) is 5.82 Å².